The molecule has 1 atom stereocenters. The van der Waals surface area contributed by atoms with Gasteiger partial charge in [-0.2, -0.15) is 39.5 Å². The molecule has 18 heteroatoms. The minimum Gasteiger partial charge on any atom is -0.465 e. The van der Waals surface area contributed by atoms with Gasteiger partial charge in [-0.1, -0.05) is 36.4 Å². The van der Waals surface area contributed by atoms with E-state index in [9.17, 15) is 59.0 Å². The van der Waals surface area contributed by atoms with Gasteiger partial charge in [-0.3, -0.25) is 14.5 Å². The second kappa shape index (κ2) is 16.4. The average molecular weight is 744 g/mol. The number of nitrogens with zero attached hydrogens (tertiary/aromatic N) is 3. The molecule has 1 aliphatic rings. The van der Waals surface area contributed by atoms with Crippen LogP contribution in [-0.4, -0.2) is 84.3 Å². The van der Waals surface area contributed by atoms with Crippen LogP contribution in [-0.2, 0) is 38.3 Å². The Hall–Kier alpha value is -4.22. The first-order valence-electron chi connectivity index (χ1n) is 15.7. The summed E-state index contributed by atoms with van der Waals surface area (Å²) in [5.74, 6) is -5.39. The highest BCUT2D eigenvalue weighted by Crippen LogP contribution is 2.44. The number of carboxylic acid groups (broad SMARTS) is 1. The lowest BCUT2D eigenvalue weighted by atomic mass is 9.93. The molecule has 0 radical (unpaired) electrons. The van der Waals surface area contributed by atoms with E-state index in [0.717, 1.165) is 17.0 Å². The Morgan fingerprint density at radius 2 is 1.53 bits per heavy atom. The van der Waals surface area contributed by atoms with Crippen molar-refractivity contribution in [3.63, 3.8) is 0 Å². The van der Waals surface area contributed by atoms with Gasteiger partial charge < -0.3 is 24.4 Å². The molecule has 1 amide bonds. The van der Waals surface area contributed by atoms with Crippen LogP contribution in [0.15, 0.2) is 48.5 Å². The molecule has 0 aromatic heterocycles. The Kier molecular flexibility index (Phi) is 13.3. The van der Waals surface area contributed by atoms with Gasteiger partial charge in [-0.25, -0.2) is 4.79 Å². The Labute approximate surface area is 287 Å². The molecule has 0 bridgehead atoms. The van der Waals surface area contributed by atoms with Crippen LogP contribution in [0.4, 0.5) is 50.0 Å². The molecule has 3 rings (SSSR count). The minimum absolute atomic E-state index is 0.0291. The molecule has 2 aromatic carbocycles. The van der Waals surface area contributed by atoms with E-state index in [1.165, 1.54) is 4.90 Å². The van der Waals surface area contributed by atoms with Crippen molar-refractivity contribution in [3.05, 3.63) is 65.2 Å². The third kappa shape index (κ3) is 11.9. The van der Waals surface area contributed by atoms with Gasteiger partial charge in [0.2, 0.25) is 6.79 Å². The lowest BCUT2D eigenvalue weighted by molar-refractivity contribution is -0.302. The first kappa shape index (κ1) is 41.2. The summed E-state index contributed by atoms with van der Waals surface area (Å²) >= 11 is 0. The van der Waals surface area contributed by atoms with Crippen molar-refractivity contribution in [2.75, 3.05) is 37.9 Å². The van der Waals surface area contributed by atoms with Gasteiger partial charge in [0.1, 0.15) is 0 Å². The lowest BCUT2D eigenvalue weighted by Gasteiger charge is -2.45. The van der Waals surface area contributed by atoms with E-state index in [-0.39, 0.29) is 37.2 Å². The van der Waals surface area contributed by atoms with Crippen molar-refractivity contribution >= 4 is 23.7 Å². The molecule has 0 spiro atoms. The third-order valence-electron chi connectivity index (χ3n) is 8.07. The fourth-order valence-corrected chi connectivity index (χ4v) is 5.48. The molecule has 51 heavy (non-hydrogen) atoms. The number of anilines is 1. The number of halogens is 9. The minimum atomic E-state index is -5.83. The number of carbonyl (C=O) groups excluding carboxylic acids is 2. The molecule has 1 heterocycles. The largest absolute Gasteiger partial charge is 0.465 e. The van der Waals surface area contributed by atoms with Crippen LogP contribution in [0.1, 0.15) is 50.3 Å². The molecule has 1 fully saturated rings. The molecule has 0 aliphatic carbocycles. The van der Waals surface area contributed by atoms with Crippen molar-refractivity contribution in [2.24, 2.45) is 11.3 Å². The Morgan fingerprint density at radius 3 is 2.08 bits per heavy atom. The van der Waals surface area contributed by atoms with Gasteiger partial charge >= 0.3 is 36.6 Å². The third-order valence-corrected chi connectivity index (χ3v) is 8.07. The highest BCUT2D eigenvalue weighted by Gasteiger charge is 2.62. The Balaban J connectivity index is 1.98. The second-order valence-electron chi connectivity index (χ2n) is 13.0. The predicted octanol–water partition coefficient (Wildman–Crippen LogP) is 7.49. The van der Waals surface area contributed by atoms with Crippen LogP contribution in [0.5, 0.6) is 0 Å². The summed E-state index contributed by atoms with van der Waals surface area (Å²) in [4.78, 5) is 38.5. The molecule has 0 saturated carbocycles. The fraction of sp³-hybridized carbons (Fsp3) is 0.545. The number of piperazine rings is 1. The lowest BCUT2D eigenvalue weighted by Crippen LogP contribution is -2.62. The zero-order valence-corrected chi connectivity index (χ0v) is 27.9. The van der Waals surface area contributed by atoms with Gasteiger partial charge in [0.15, 0.2) is 5.92 Å². The fourth-order valence-electron chi connectivity index (χ4n) is 5.48. The highest BCUT2D eigenvalue weighted by molar-refractivity contribution is 5.75. The molecule has 1 N–H and O–H groups in total. The Morgan fingerprint density at radius 1 is 0.902 bits per heavy atom. The van der Waals surface area contributed by atoms with Crippen molar-refractivity contribution in [1.82, 2.24) is 9.80 Å². The zero-order chi connectivity index (χ0) is 38.4. The number of amides is 1. The van der Waals surface area contributed by atoms with Crippen LogP contribution in [0.2, 0.25) is 0 Å². The van der Waals surface area contributed by atoms with E-state index in [2.05, 4.69) is 0 Å². The monoisotopic (exact) mass is 743 g/mol. The Bertz CT molecular complexity index is 1480. The SMILES string of the molecule is CC(C)(C)C(=O)OCOC(=O)CCCN(Cc1ccccc1)c1cc(C(F)(F)F)ccc1CN1CCN(C(=O)O)CC1C(C(F)(F)F)C(F)(F)F. The molecule has 1 saturated heterocycles. The highest BCUT2D eigenvalue weighted by atomic mass is 19.4. The maximum Gasteiger partial charge on any atom is 0.416 e. The smallest absolute Gasteiger partial charge is 0.416 e. The van der Waals surface area contributed by atoms with Gasteiger partial charge in [0.05, 0.1) is 11.0 Å². The topological polar surface area (TPSA) is 99.6 Å². The van der Waals surface area contributed by atoms with Crippen molar-refractivity contribution in [2.45, 2.75) is 71.3 Å². The van der Waals surface area contributed by atoms with E-state index in [0.29, 0.717) is 16.5 Å². The van der Waals surface area contributed by atoms with Gasteiger partial charge in [0.25, 0.3) is 0 Å². The molecule has 1 aliphatic heterocycles. The number of alkyl halides is 9. The summed E-state index contributed by atoms with van der Waals surface area (Å²) in [5.41, 5.74) is -1.66. The summed E-state index contributed by atoms with van der Waals surface area (Å²) in [6.45, 7) is 1.01. The van der Waals surface area contributed by atoms with Crippen molar-refractivity contribution in [3.8, 4) is 0 Å². The van der Waals surface area contributed by atoms with Crippen LogP contribution in [0, 0.1) is 11.3 Å². The maximum atomic E-state index is 14.0. The zero-order valence-electron chi connectivity index (χ0n) is 27.9. The van der Waals surface area contributed by atoms with Crippen LogP contribution in [0.3, 0.4) is 0 Å². The van der Waals surface area contributed by atoms with Crippen LogP contribution in [0.25, 0.3) is 0 Å². The summed E-state index contributed by atoms with van der Waals surface area (Å²) in [6, 6.07) is 8.18. The van der Waals surface area contributed by atoms with E-state index < -0.39 is 92.5 Å². The van der Waals surface area contributed by atoms with Gasteiger partial charge in [-0.05, 0) is 50.5 Å². The molecule has 9 nitrogen and oxygen atoms in total. The summed E-state index contributed by atoms with van der Waals surface area (Å²) in [6.07, 6.45) is -18.6. The predicted molar refractivity (Wildman–Crippen MR) is 164 cm³/mol. The summed E-state index contributed by atoms with van der Waals surface area (Å²) < 4.78 is 135. The molecular formula is C33H38F9N3O6. The molecule has 1 unspecified atom stereocenters. The van der Waals surface area contributed by atoms with Gasteiger partial charge in [-0.15, -0.1) is 0 Å². The number of hydrogen-bond donors (Lipinski definition) is 1. The standard InChI is InChI=1S/C33H38F9N3O6/c1-30(2,3)28(47)51-20-50-26(46)10-7-13-43(17-21-8-5-4-6-9-21)24-16-23(31(34,35)36)12-11-22(24)18-44-14-15-45(29(48)49)19-25(44)27(32(37,38)39)33(40,41)42/h4-6,8-9,11-12,16,25,27H,7,10,13-15,17-20H2,1-3H3,(H,48,49). The maximum absolute atomic E-state index is 14.0. The number of rotatable bonds is 12. The molecular weight excluding hydrogens is 705 g/mol. The first-order valence-corrected chi connectivity index (χ1v) is 15.7. The van der Waals surface area contributed by atoms with E-state index in [4.69, 9.17) is 9.47 Å². The van der Waals surface area contributed by atoms with Crippen molar-refractivity contribution < 1.29 is 68.5 Å². The van der Waals surface area contributed by atoms with E-state index in [1.807, 2.05) is 0 Å². The van der Waals surface area contributed by atoms with Gasteiger partial charge in [0, 0.05) is 57.4 Å². The normalized spacial score (nSPS) is 16.3. The average Bonchev–Trinajstić information content (AvgIpc) is 2.99. The number of esters is 2. The number of carbonyl (C=O) groups is 3. The number of benzene rings is 2. The number of hydrogen-bond acceptors (Lipinski definition) is 7. The quantitative estimate of drug-likeness (QED) is 0.136. The van der Waals surface area contributed by atoms with E-state index >= 15 is 0 Å². The van der Waals surface area contributed by atoms with E-state index in [1.54, 1.807) is 51.1 Å². The van der Waals surface area contributed by atoms with Crippen LogP contribution >= 0.6 is 0 Å². The summed E-state index contributed by atoms with van der Waals surface area (Å²) in [5, 5.41) is 9.39. The first-order chi connectivity index (χ1) is 23.5. The second-order valence-corrected chi connectivity index (χ2v) is 13.0. The molecule has 2 aromatic rings. The number of ether oxygens (including phenoxy) is 2. The summed E-state index contributed by atoms with van der Waals surface area (Å²) in [7, 11) is 0. The van der Waals surface area contributed by atoms with Crippen LogP contribution < -0.4 is 4.90 Å². The molecule has 284 valence electrons. The van der Waals surface area contributed by atoms with Crippen molar-refractivity contribution in [1.29, 1.82) is 0 Å².